The second kappa shape index (κ2) is 5.62. The van der Waals surface area contributed by atoms with E-state index in [1.54, 1.807) is 0 Å². The van der Waals surface area contributed by atoms with Gasteiger partial charge in [-0.3, -0.25) is 5.10 Å². The summed E-state index contributed by atoms with van der Waals surface area (Å²) in [6.45, 7) is 7.60. The molecule has 2 rings (SSSR count). The number of aromatic nitrogens is 4. The van der Waals surface area contributed by atoms with Gasteiger partial charge in [-0.1, -0.05) is 25.9 Å². The van der Waals surface area contributed by atoms with E-state index in [1.165, 1.54) is 0 Å². The monoisotopic (exact) mass is 278 g/mol. The summed E-state index contributed by atoms with van der Waals surface area (Å²) in [6.07, 6.45) is 0. The van der Waals surface area contributed by atoms with Gasteiger partial charge in [-0.05, 0) is 20.2 Å². The van der Waals surface area contributed by atoms with Crippen molar-refractivity contribution >= 4 is 6.01 Å². The number of anilines is 1. The van der Waals surface area contributed by atoms with Gasteiger partial charge in [0.05, 0.1) is 24.5 Å². The molecule has 0 spiro atoms. The molecule has 0 aliphatic heterocycles. The molecule has 20 heavy (non-hydrogen) atoms. The van der Waals surface area contributed by atoms with E-state index < -0.39 is 0 Å². The fourth-order valence-electron chi connectivity index (χ4n) is 1.67. The lowest BCUT2D eigenvalue weighted by atomic mass is 9.92. The Balaban J connectivity index is 1.92. The minimum Gasteiger partial charge on any atom is -0.407 e. The molecular formula is C13H22N6O. The summed E-state index contributed by atoms with van der Waals surface area (Å²) >= 11 is 0. The molecule has 0 unspecified atom stereocenters. The fraction of sp³-hybridized carbons (Fsp3) is 0.615. The predicted molar refractivity (Wildman–Crippen MR) is 76.3 cm³/mol. The molecule has 0 fully saturated rings. The third-order valence-electron chi connectivity index (χ3n) is 2.75. The number of aromatic amines is 1. The first-order valence-electron chi connectivity index (χ1n) is 6.60. The molecule has 0 amide bonds. The summed E-state index contributed by atoms with van der Waals surface area (Å²) in [5.41, 5.74) is 2.06. The van der Waals surface area contributed by atoms with Crippen LogP contribution in [-0.2, 0) is 18.5 Å². The number of hydrogen-bond donors (Lipinski definition) is 2. The predicted octanol–water partition coefficient (Wildman–Crippen LogP) is 1.76. The van der Waals surface area contributed by atoms with Crippen molar-refractivity contribution in [1.29, 1.82) is 0 Å². The van der Waals surface area contributed by atoms with Gasteiger partial charge in [-0.15, -0.1) is 5.10 Å². The molecule has 0 aliphatic carbocycles. The van der Waals surface area contributed by atoms with Gasteiger partial charge < -0.3 is 14.6 Å². The van der Waals surface area contributed by atoms with Gasteiger partial charge in [0.2, 0.25) is 5.89 Å². The fourth-order valence-corrected chi connectivity index (χ4v) is 1.67. The van der Waals surface area contributed by atoms with Crippen molar-refractivity contribution in [3.8, 4) is 0 Å². The Hall–Kier alpha value is -1.89. The molecule has 7 nitrogen and oxygen atoms in total. The maximum Gasteiger partial charge on any atom is 0.315 e. The molecular weight excluding hydrogens is 256 g/mol. The molecule has 0 saturated carbocycles. The van der Waals surface area contributed by atoms with Crippen LogP contribution in [-0.4, -0.2) is 39.4 Å². The first-order chi connectivity index (χ1) is 9.34. The SMILES string of the molecule is CN(C)Cc1nnc(NCc2cc(C(C)(C)C)n[nH]2)o1. The van der Waals surface area contributed by atoms with Crippen LogP contribution in [0, 0.1) is 0 Å². The molecule has 0 radical (unpaired) electrons. The molecule has 110 valence electrons. The standard InChI is InChI=1S/C13H22N6O/c1-13(2,3)10-6-9(15-16-10)7-14-12-18-17-11(20-12)8-19(4)5/h6H,7-8H2,1-5H3,(H,14,18)(H,15,16). The van der Waals surface area contributed by atoms with Gasteiger partial charge in [0.1, 0.15) is 0 Å². The van der Waals surface area contributed by atoms with Crippen LogP contribution in [0.3, 0.4) is 0 Å². The summed E-state index contributed by atoms with van der Waals surface area (Å²) in [6, 6.07) is 2.47. The first-order valence-corrected chi connectivity index (χ1v) is 6.60. The van der Waals surface area contributed by atoms with E-state index in [4.69, 9.17) is 4.42 Å². The van der Waals surface area contributed by atoms with Crippen LogP contribution < -0.4 is 5.32 Å². The Bertz CT molecular complexity index is 551. The zero-order valence-corrected chi connectivity index (χ0v) is 12.7. The second-order valence-electron chi connectivity index (χ2n) is 6.12. The van der Waals surface area contributed by atoms with Crippen LogP contribution in [0.2, 0.25) is 0 Å². The van der Waals surface area contributed by atoms with Crippen molar-refractivity contribution in [2.45, 2.75) is 39.3 Å². The summed E-state index contributed by atoms with van der Waals surface area (Å²) < 4.78 is 5.48. The lowest BCUT2D eigenvalue weighted by molar-refractivity contribution is 0.344. The van der Waals surface area contributed by atoms with Crippen molar-refractivity contribution < 1.29 is 4.42 Å². The normalized spacial score (nSPS) is 12.1. The number of H-pyrrole nitrogens is 1. The van der Waals surface area contributed by atoms with Crippen molar-refractivity contribution in [1.82, 2.24) is 25.3 Å². The molecule has 0 saturated heterocycles. The quantitative estimate of drug-likeness (QED) is 0.867. The summed E-state index contributed by atoms with van der Waals surface area (Å²) in [5, 5.41) is 18.3. The zero-order chi connectivity index (χ0) is 14.8. The lowest BCUT2D eigenvalue weighted by Crippen LogP contribution is -2.11. The van der Waals surface area contributed by atoms with E-state index in [0.29, 0.717) is 25.0 Å². The zero-order valence-electron chi connectivity index (χ0n) is 12.7. The molecule has 7 heteroatoms. The highest BCUT2D eigenvalue weighted by atomic mass is 16.4. The van der Waals surface area contributed by atoms with Crippen LogP contribution in [0.5, 0.6) is 0 Å². The molecule has 0 atom stereocenters. The van der Waals surface area contributed by atoms with Gasteiger partial charge in [0.25, 0.3) is 0 Å². The van der Waals surface area contributed by atoms with E-state index in [9.17, 15) is 0 Å². The lowest BCUT2D eigenvalue weighted by Gasteiger charge is -2.13. The topological polar surface area (TPSA) is 82.9 Å². The Morgan fingerprint density at radius 2 is 2.05 bits per heavy atom. The summed E-state index contributed by atoms with van der Waals surface area (Å²) in [5.74, 6) is 0.595. The highest BCUT2D eigenvalue weighted by molar-refractivity contribution is 5.22. The second-order valence-corrected chi connectivity index (χ2v) is 6.12. The van der Waals surface area contributed by atoms with Gasteiger partial charge in [0.15, 0.2) is 0 Å². The minimum atomic E-state index is 0.0398. The smallest absolute Gasteiger partial charge is 0.315 e. The van der Waals surface area contributed by atoms with E-state index in [-0.39, 0.29) is 5.41 Å². The van der Waals surface area contributed by atoms with Crippen molar-refractivity contribution in [2.75, 3.05) is 19.4 Å². The summed E-state index contributed by atoms with van der Waals surface area (Å²) in [7, 11) is 3.91. The van der Waals surface area contributed by atoms with Crippen LogP contribution in [0.1, 0.15) is 38.0 Å². The number of rotatable bonds is 5. The van der Waals surface area contributed by atoms with Crippen molar-refractivity contribution in [2.24, 2.45) is 0 Å². The van der Waals surface area contributed by atoms with Crippen LogP contribution in [0.25, 0.3) is 0 Å². The van der Waals surface area contributed by atoms with E-state index in [1.807, 2.05) is 25.1 Å². The van der Waals surface area contributed by atoms with Crippen molar-refractivity contribution in [3.05, 3.63) is 23.3 Å². The molecule has 2 N–H and O–H groups in total. The first kappa shape index (κ1) is 14.5. The van der Waals surface area contributed by atoms with Crippen LogP contribution in [0.15, 0.2) is 10.5 Å². The Morgan fingerprint density at radius 3 is 2.65 bits per heavy atom. The maximum absolute atomic E-state index is 5.48. The van der Waals surface area contributed by atoms with Gasteiger partial charge in [-0.2, -0.15) is 5.10 Å². The minimum absolute atomic E-state index is 0.0398. The number of nitrogens with one attached hydrogen (secondary N) is 2. The van der Waals surface area contributed by atoms with Crippen LogP contribution in [0.4, 0.5) is 6.01 Å². The Morgan fingerprint density at radius 1 is 1.30 bits per heavy atom. The molecule has 2 aromatic rings. The van der Waals surface area contributed by atoms with Gasteiger partial charge in [-0.25, -0.2) is 0 Å². The van der Waals surface area contributed by atoms with E-state index in [2.05, 4.69) is 46.5 Å². The van der Waals surface area contributed by atoms with Gasteiger partial charge in [0, 0.05) is 5.41 Å². The third kappa shape index (κ3) is 3.80. The molecule has 0 aromatic carbocycles. The number of nitrogens with zero attached hydrogens (tertiary/aromatic N) is 4. The van der Waals surface area contributed by atoms with E-state index >= 15 is 0 Å². The van der Waals surface area contributed by atoms with E-state index in [0.717, 1.165) is 11.4 Å². The van der Waals surface area contributed by atoms with Crippen LogP contribution >= 0.6 is 0 Å². The average Bonchev–Trinajstić information content (AvgIpc) is 2.93. The number of hydrogen-bond acceptors (Lipinski definition) is 6. The molecule has 2 heterocycles. The Labute approximate surface area is 118 Å². The van der Waals surface area contributed by atoms with Gasteiger partial charge >= 0.3 is 6.01 Å². The largest absolute Gasteiger partial charge is 0.407 e. The highest BCUT2D eigenvalue weighted by Gasteiger charge is 2.17. The molecule has 0 aliphatic rings. The third-order valence-corrected chi connectivity index (χ3v) is 2.75. The van der Waals surface area contributed by atoms with Crippen molar-refractivity contribution in [3.63, 3.8) is 0 Å². The summed E-state index contributed by atoms with van der Waals surface area (Å²) in [4.78, 5) is 1.97. The highest BCUT2D eigenvalue weighted by Crippen LogP contribution is 2.20. The maximum atomic E-state index is 5.48. The Kier molecular flexibility index (Phi) is 4.08. The molecule has 0 bridgehead atoms. The average molecular weight is 278 g/mol. The molecule has 2 aromatic heterocycles.